The van der Waals surface area contributed by atoms with Crippen LogP contribution in [-0.2, 0) is 0 Å². The number of nitrogens with zero attached hydrogens (tertiary/aromatic N) is 1. The van der Waals surface area contributed by atoms with Crippen molar-refractivity contribution < 1.29 is 4.79 Å². The van der Waals surface area contributed by atoms with Crippen molar-refractivity contribution in [1.29, 1.82) is 5.26 Å². The third-order valence-electron chi connectivity index (χ3n) is 2.72. The molecule has 2 aromatic carbocycles. The van der Waals surface area contributed by atoms with Gasteiger partial charge >= 0.3 is 6.03 Å². The first-order valence-electron chi connectivity index (χ1n) is 5.93. The van der Waals surface area contributed by atoms with Crippen LogP contribution in [0.3, 0.4) is 0 Å². The molecule has 0 atom stereocenters. The molecule has 0 aliphatic heterocycles. The third-order valence-corrected chi connectivity index (χ3v) is 2.95. The number of halogens is 1. The van der Waals surface area contributed by atoms with E-state index in [2.05, 4.69) is 16.7 Å². The lowest BCUT2D eigenvalue weighted by Gasteiger charge is -2.10. The molecule has 0 aliphatic carbocycles. The van der Waals surface area contributed by atoms with Gasteiger partial charge in [-0.3, -0.25) is 0 Å². The average molecular weight is 286 g/mol. The molecule has 0 aliphatic rings. The smallest absolute Gasteiger partial charge is 0.308 e. The first kappa shape index (κ1) is 13.9. The van der Waals surface area contributed by atoms with E-state index < -0.39 is 6.03 Å². The van der Waals surface area contributed by atoms with Gasteiger partial charge in [0.2, 0.25) is 0 Å². The normalized spacial score (nSPS) is 9.65. The minimum absolute atomic E-state index is 0.422. The molecule has 0 unspecified atom stereocenters. The van der Waals surface area contributed by atoms with Gasteiger partial charge in [-0.2, -0.15) is 5.26 Å². The highest BCUT2D eigenvalue weighted by Crippen LogP contribution is 2.19. The second-order valence-electron chi connectivity index (χ2n) is 4.20. The van der Waals surface area contributed by atoms with E-state index in [0.29, 0.717) is 22.0 Å². The molecule has 2 rings (SSSR count). The van der Waals surface area contributed by atoms with Gasteiger partial charge in [0.25, 0.3) is 0 Å². The summed E-state index contributed by atoms with van der Waals surface area (Å²) in [6, 6.07) is 13.8. The molecule has 0 saturated carbocycles. The number of amides is 2. The third kappa shape index (κ3) is 3.28. The zero-order valence-corrected chi connectivity index (χ0v) is 11.5. The fraction of sp³-hybridized carbons (Fsp3) is 0.0667. The quantitative estimate of drug-likeness (QED) is 0.870. The summed E-state index contributed by atoms with van der Waals surface area (Å²) in [4.78, 5) is 11.9. The summed E-state index contributed by atoms with van der Waals surface area (Å²) < 4.78 is 0. The van der Waals surface area contributed by atoms with Crippen molar-refractivity contribution in [3.8, 4) is 6.07 Å². The van der Waals surface area contributed by atoms with E-state index in [1.165, 1.54) is 0 Å². The molecule has 0 fully saturated rings. The monoisotopic (exact) mass is 285 g/mol. The van der Waals surface area contributed by atoms with Gasteiger partial charge in [-0.15, -0.1) is 0 Å². The Labute approximate surface area is 122 Å². The van der Waals surface area contributed by atoms with Crippen molar-refractivity contribution in [2.45, 2.75) is 6.92 Å². The summed E-state index contributed by atoms with van der Waals surface area (Å²) in [7, 11) is 0. The van der Waals surface area contributed by atoms with Crippen molar-refractivity contribution >= 4 is 29.0 Å². The topological polar surface area (TPSA) is 64.9 Å². The Balaban J connectivity index is 2.13. The molecule has 2 aromatic rings. The van der Waals surface area contributed by atoms with Crippen molar-refractivity contribution in [3.05, 3.63) is 58.6 Å². The van der Waals surface area contributed by atoms with Gasteiger partial charge < -0.3 is 10.6 Å². The number of nitrogens with one attached hydrogen (secondary N) is 2. The number of hydrogen-bond acceptors (Lipinski definition) is 2. The molecule has 100 valence electrons. The Bertz CT molecular complexity index is 692. The van der Waals surface area contributed by atoms with Crippen LogP contribution in [0.5, 0.6) is 0 Å². The standard InChI is InChI=1S/C15H12ClN3O/c1-10-4-2-7-14(13(10)9-17)19-15(20)18-12-6-3-5-11(16)8-12/h2-8H,1H3,(H2,18,19,20). The number of hydrogen-bond donors (Lipinski definition) is 2. The van der Waals surface area contributed by atoms with Crippen LogP contribution in [0.2, 0.25) is 5.02 Å². The Hall–Kier alpha value is -2.51. The number of benzene rings is 2. The summed E-state index contributed by atoms with van der Waals surface area (Å²) >= 11 is 5.84. The van der Waals surface area contributed by atoms with Crippen LogP contribution in [0.4, 0.5) is 16.2 Å². The largest absolute Gasteiger partial charge is 0.323 e. The number of rotatable bonds is 2. The number of carbonyl (C=O) groups is 1. The Kier molecular flexibility index (Phi) is 4.24. The molecule has 0 saturated heterocycles. The SMILES string of the molecule is Cc1cccc(NC(=O)Nc2cccc(Cl)c2)c1C#N. The molecular formula is C15H12ClN3O. The predicted molar refractivity (Wildman–Crippen MR) is 80.0 cm³/mol. The van der Waals surface area contributed by atoms with E-state index in [0.717, 1.165) is 5.56 Å². The lowest BCUT2D eigenvalue weighted by atomic mass is 10.1. The molecule has 5 heteroatoms. The van der Waals surface area contributed by atoms with Crippen LogP contribution in [0, 0.1) is 18.3 Å². The van der Waals surface area contributed by atoms with Crippen molar-refractivity contribution in [2.24, 2.45) is 0 Å². The van der Waals surface area contributed by atoms with E-state index in [4.69, 9.17) is 16.9 Å². The fourth-order valence-corrected chi connectivity index (χ4v) is 1.96. The first-order valence-corrected chi connectivity index (χ1v) is 6.31. The number of anilines is 2. The number of aryl methyl sites for hydroxylation is 1. The molecule has 2 N–H and O–H groups in total. The minimum Gasteiger partial charge on any atom is -0.308 e. The number of nitriles is 1. The van der Waals surface area contributed by atoms with E-state index in [9.17, 15) is 4.79 Å². The maximum Gasteiger partial charge on any atom is 0.323 e. The fourth-order valence-electron chi connectivity index (χ4n) is 1.77. The number of carbonyl (C=O) groups excluding carboxylic acids is 1. The summed E-state index contributed by atoms with van der Waals surface area (Å²) in [5, 5.41) is 14.9. The van der Waals surface area contributed by atoms with Crippen LogP contribution in [-0.4, -0.2) is 6.03 Å². The summed E-state index contributed by atoms with van der Waals surface area (Å²) in [5.74, 6) is 0. The van der Waals surface area contributed by atoms with E-state index in [-0.39, 0.29) is 0 Å². The highest BCUT2D eigenvalue weighted by Gasteiger charge is 2.08. The van der Waals surface area contributed by atoms with Crippen LogP contribution < -0.4 is 10.6 Å². The van der Waals surface area contributed by atoms with Crippen molar-refractivity contribution in [2.75, 3.05) is 10.6 Å². The molecule has 0 radical (unpaired) electrons. The molecule has 4 nitrogen and oxygen atoms in total. The second kappa shape index (κ2) is 6.09. The molecular weight excluding hydrogens is 274 g/mol. The van der Waals surface area contributed by atoms with Crippen molar-refractivity contribution in [1.82, 2.24) is 0 Å². The van der Waals surface area contributed by atoms with Crippen molar-refractivity contribution in [3.63, 3.8) is 0 Å². The van der Waals surface area contributed by atoms with Crippen LogP contribution in [0.15, 0.2) is 42.5 Å². The Morgan fingerprint density at radius 2 is 1.95 bits per heavy atom. The molecule has 2 amide bonds. The van der Waals surface area contributed by atoms with Gasteiger partial charge in [-0.1, -0.05) is 29.8 Å². The summed E-state index contributed by atoms with van der Waals surface area (Å²) in [6.07, 6.45) is 0. The number of urea groups is 1. The molecule has 0 aromatic heterocycles. The maximum absolute atomic E-state index is 11.9. The predicted octanol–water partition coefficient (Wildman–Crippen LogP) is 4.16. The van der Waals surface area contributed by atoms with E-state index >= 15 is 0 Å². The average Bonchev–Trinajstić information content (AvgIpc) is 2.38. The molecule has 0 spiro atoms. The van der Waals surface area contributed by atoms with Crippen LogP contribution in [0.1, 0.15) is 11.1 Å². The highest BCUT2D eigenvalue weighted by atomic mass is 35.5. The van der Waals surface area contributed by atoms with Gasteiger partial charge in [0.05, 0.1) is 11.3 Å². The Morgan fingerprint density at radius 1 is 1.20 bits per heavy atom. The molecule has 0 heterocycles. The van der Waals surface area contributed by atoms with Gasteiger partial charge in [0.15, 0.2) is 0 Å². The lowest BCUT2D eigenvalue weighted by Crippen LogP contribution is -2.20. The zero-order chi connectivity index (χ0) is 14.5. The van der Waals surface area contributed by atoms with Crippen LogP contribution in [0.25, 0.3) is 0 Å². The van der Waals surface area contributed by atoms with Crippen LogP contribution >= 0.6 is 11.6 Å². The zero-order valence-electron chi connectivity index (χ0n) is 10.8. The second-order valence-corrected chi connectivity index (χ2v) is 4.64. The maximum atomic E-state index is 11.9. The first-order chi connectivity index (χ1) is 9.60. The highest BCUT2D eigenvalue weighted by molar-refractivity contribution is 6.30. The van der Waals surface area contributed by atoms with Gasteiger partial charge in [-0.25, -0.2) is 4.79 Å². The summed E-state index contributed by atoms with van der Waals surface area (Å²) in [5.41, 5.74) is 2.33. The van der Waals surface area contributed by atoms with Gasteiger partial charge in [-0.05, 0) is 36.8 Å². The van der Waals surface area contributed by atoms with Gasteiger partial charge in [0, 0.05) is 10.7 Å². The van der Waals surface area contributed by atoms with E-state index in [1.807, 2.05) is 13.0 Å². The lowest BCUT2D eigenvalue weighted by molar-refractivity contribution is 0.262. The molecule has 0 bridgehead atoms. The summed E-state index contributed by atoms with van der Waals surface area (Å²) in [6.45, 7) is 1.82. The Morgan fingerprint density at radius 3 is 2.65 bits per heavy atom. The minimum atomic E-state index is -0.422. The molecule has 20 heavy (non-hydrogen) atoms. The van der Waals surface area contributed by atoms with E-state index in [1.54, 1.807) is 36.4 Å². The van der Waals surface area contributed by atoms with Gasteiger partial charge in [0.1, 0.15) is 6.07 Å².